The van der Waals surface area contributed by atoms with E-state index >= 15 is 0 Å². The van der Waals surface area contributed by atoms with Crippen molar-refractivity contribution >= 4 is 28.5 Å². The van der Waals surface area contributed by atoms with Crippen LogP contribution in [0.1, 0.15) is 39.2 Å². The Morgan fingerprint density at radius 3 is 2.65 bits per heavy atom. The van der Waals surface area contributed by atoms with E-state index in [4.69, 9.17) is 14.5 Å². The molecular weight excluding hydrogens is 426 g/mol. The number of allylic oxidation sites excluding steroid dienone is 1. The summed E-state index contributed by atoms with van der Waals surface area (Å²) in [5.41, 5.74) is 6.29. The molecule has 170 valence electrons. The molecular formula is C29H25NO4. The first-order valence-electron chi connectivity index (χ1n) is 11.4. The van der Waals surface area contributed by atoms with Gasteiger partial charge in [-0.15, -0.1) is 0 Å². The summed E-state index contributed by atoms with van der Waals surface area (Å²) in [5.74, 6) is 0.637. The highest BCUT2D eigenvalue weighted by molar-refractivity contribution is 6.07. The van der Waals surface area contributed by atoms with Crippen LogP contribution in [-0.2, 0) is 11.2 Å². The lowest BCUT2D eigenvalue weighted by atomic mass is 10.0. The molecule has 0 saturated carbocycles. The predicted molar refractivity (Wildman–Crippen MR) is 133 cm³/mol. The lowest BCUT2D eigenvalue weighted by Gasteiger charge is -2.13. The molecule has 5 nitrogen and oxygen atoms in total. The number of aromatic hydroxyl groups is 1. The van der Waals surface area contributed by atoms with Gasteiger partial charge in [0, 0.05) is 5.39 Å². The topological polar surface area (TPSA) is 68.7 Å². The van der Waals surface area contributed by atoms with Gasteiger partial charge in [-0.1, -0.05) is 42.5 Å². The number of fused-ring (bicyclic) bond motifs is 2. The maximum absolute atomic E-state index is 13.2. The van der Waals surface area contributed by atoms with Crippen molar-refractivity contribution in [2.75, 3.05) is 13.2 Å². The molecule has 34 heavy (non-hydrogen) atoms. The Morgan fingerprint density at radius 2 is 1.82 bits per heavy atom. The molecule has 0 amide bonds. The summed E-state index contributed by atoms with van der Waals surface area (Å²) in [4.78, 5) is 18.1. The van der Waals surface area contributed by atoms with Crippen LogP contribution in [0.2, 0.25) is 0 Å². The number of nitrogens with zero attached hydrogens (tertiary/aromatic N) is 1. The number of para-hydroxylation sites is 1. The van der Waals surface area contributed by atoms with E-state index in [9.17, 15) is 9.90 Å². The summed E-state index contributed by atoms with van der Waals surface area (Å²) in [5, 5.41) is 10.4. The molecule has 1 N–H and O–H groups in total. The second kappa shape index (κ2) is 9.40. The molecule has 0 fully saturated rings. The summed E-state index contributed by atoms with van der Waals surface area (Å²) < 4.78 is 11.4. The number of pyridine rings is 1. The third-order valence-electron chi connectivity index (χ3n) is 5.95. The number of phenolic OH excluding ortho intramolecular Hbond substituents is 1. The Bertz CT molecular complexity index is 1390. The van der Waals surface area contributed by atoms with E-state index in [0.717, 1.165) is 57.5 Å². The second-order valence-electron chi connectivity index (χ2n) is 8.39. The minimum absolute atomic E-state index is 0.161. The molecule has 0 atom stereocenters. The molecule has 0 unspecified atom stereocenters. The zero-order valence-electron chi connectivity index (χ0n) is 19.0. The van der Waals surface area contributed by atoms with Gasteiger partial charge in [-0.2, -0.15) is 0 Å². The summed E-state index contributed by atoms with van der Waals surface area (Å²) in [6.07, 6.45) is 3.58. The van der Waals surface area contributed by atoms with Gasteiger partial charge in [-0.05, 0) is 78.4 Å². The molecule has 0 aliphatic heterocycles. The van der Waals surface area contributed by atoms with Gasteiger partial charge in [-0.3, -0.25) is 0 Å². The average Bonchev–Trinajstić information content (AvgIpc) is 3.23. The number of rotatable bonds is 6. The Kier molecular flexibility index (Phi) is 6.00. The SMILES string of the molecule is Cc1cccc(OCCOC(=O)c2c3c(nc4ccccc24)/C(=C/c2ccc(O)cc2)CC3)c1. The van der Waals surface area contributed by atoms with Gasteiger partial charge in [0.25, 0.3) is 0 Å². The predicted octanol–water partition coefficient (Wildman–Crippen LogP) is 5.97. The molecule has 0 radical (unpaired) electrons. The van der Waals surface area contributed by atoms with E-state index in [0.29, 0.717) is 5.56 Å². The number of aromatic nitrogens is 1. The maximum atomic E-state index is 13.2. The molecule has 0 saturated heterocycles. The smallest absolute Gasteiger partial charge is 0.339 e. The lowest BCUT2D eigenvalue weighted by molar-refractivity contribution is 0.0451. The highest BCUT2D eigenvalue weighted by atomic mass is 16.6. The fraction of sp³-hybridized carbons (Fsp3) is 0.172. The van der Waals surface area contributed by atoms with Crippen LogP contribution in [-0.4, -0.2) is 29.3 Å². The van der Waals surface area contributed by atoms with Crippen molar-refractivity contribution in [2.24, 2.45) is 0 Å². The third-order valence-corrected chi connectivity index (χ3v) is 5.95. The fourth-order valence-corrected chi connectivity index (χ4v) is 4.36. The Hall–Kier alpha value is -4.12. The number of benzene rings is 3. The summed E-state index contributed by atoms with van der Waals surface area (Å²) >= 11 is 0. The van der Waals surface area contributed by atoms with Crippen LogP contribution in [0.4, 0.5) is 0 Å². The highest BCUT2D eigenvalue weighted by Gasteiger charge is 2.27. The van der Waals surface area contributed by atoms with Gasteiger partial charge in [0.2, 0.25) is 0 Å². The molecule has 1 aliphatic carbocycles. The van der Waals surface area contributed by atoms with Crippen molar-refractivity contribution in [3.8, 4) is 11.5 Å². The molecule has 5 heteroatoms. The Morgan fingerprint density at radius 1 is 1.00 bits per heavy atom. The summed E-state index contributed by atoms with van der Waals surface area (Å²) in [6, 6.07) is 22.5. The van der Waals surface area contributed by atoms with E-state index in [2.05, 4.69) is 6.08 Å². The summed E-state index contributed by atoms with van der Waals surface area (Å²) in [6.45, 7) is 2.45. The highest BCUT2D eigenvalue weighted by Crippen LogP contribution is 2.38. The number of aryl methyl sites for hydroxylation is 1. The third kappa shape index (κ3) is 4.50. The van der Waals surface area contributed by atoms with Gasteiger partial charge in [0.05, 0.1) is 16.8 Å². The number of phenols is 1. The molecule has 4 aromatic rings. The first-order chi connectivity index (χ1) is 16.6. The number of carbonyl (C=O) groups excluding carboxylic acids is 1. The molecule has 0 bridgehead atoms. The van der Waals surface area contributed by atoms with Gasteiger partial charge < -0.3 is 14.6 Å². The van der Waals surface area contributed by atoms with Gasteiger partial charge in [0.1, 0.15) is 24.7 Å². The number of hydrogen-bond acceptors (Lipinski definition) is 5. The van der Waals surface area contributed by atoms with Crippen LogP contribution >= 0.6 is 0 Å². The van der Waals surface area contributed by atoms with Crippen LogP contribution in [0, 0.1) is 6.92 Å². The van der Waals surface area contributed by atoms with Crippen LogP contribution < -0.4 is 4.74 Å². The van der Waals surface area contributed by atoms with Crippen molar-refractivity contribution in [2.45, 2.75) is 19.8 Å². The number of esters is 1. The van der Waals surface area contributed by atoms with Gasteiger partial charge >= 0.3 is 5.97 Å². The summed E-state index contributed by atoms with van der Waals surface area (Å²) in [7, 11) is 0. The normalized spacial score (nSPS) is 13.7. The molecule has 1 heterocycles. The van der Waals surface area contributed by atoms with Crippen LogP contribution in [0.15, 0.2) is 72.8 Å². The van der Waals surface area contributed by atoms with E-state index in [-0.39, 0.29) is 24.9 Å². The fourth-order valence-electron chi connectivity index (χ4n) is 4.36. The Balaban J connectivity index is 1.41. The lowest BCUT2D eigenvalue weighted by Crippen LogP contribution is -2.15. The van der Waals surface area contributed by atoms with Gasteiger partial charge in [0.15, 0.2) is 0 Å². The van der Waals surface area contributed by atoms with Crippen molar-refractivity contribution < 1.29 is 19.4 Å². The maximum Gasteiger partial charge on any atom is 0.339 e. The van der Waals surface area contributed by atoms with Crippen molar-refractivity contribution in [3.63, 3.8) is 0 Å². The standard InChI is InChI=1S/C29H25NO4/c1-19-5-4-6-23(17-19)33-15-16-34-29(32)27-24-7-2-3-8-26(24)30-28-21(11-14-25(27)28)18-20-9-12-22(31)13-10-20/h2-10,12-13,17-18,31H,11,14-16H2,1H3/b21-18+. The zero-order valence-corrected chi connectivity index (χ0v) is 19.0. The quantitative estimate of drug-likeness (QED) is 0.289. The van der Waals surface area contributed by atoms with Crippen molar-refractivity contribution in [3.05, 3.63) is 101 Å². The van der Waals surface area contributed by atoms with E-state index in [1.165, 1.54) is 0 Å². The molecule has 0 spiro atoms. The van der Waals surface area contributed by atoms with Crippen LogP contribution in [0.5, 0.6) is 11.5 Å². The number of hydrogen-bond donors (Lipinski definition) is 1. The van der Waals surface area contributed by atoms with E-state index < -0.39 is 0 Å². The van der Waals surface area contributed by atoms with Crippen molar-refractivity contribution in [1.29, 1.82) is 0 Å². The van der Waals surface area contributed by atoms with Gasteiger partial charge in [-0.25, -0.2) is 9.78 Å². The monoisotopic (exact) mass is 451 g/mol. The molecule has 5 rings (SSSR count). The van der Waals surface area contributed by atoms with Crippen LogP contribution in [0.3, 0.4) is 0 Å². The molecule has 1 aromatic heterocycles. The van der Waals surface area contributed by atoms with E-state index in [1.807, 2.05) is 67.6 Å². The van der Waals surface area contributed by atoms with Crippen LogP contribution in [0.25, 0.3) is 22.6 Å². The van der Waals surface area contributed by atoms with E-state index in [1.54, 1.807) is 12.1 Å². The minimum Gasteiger partial charge on any atom is -0.508 e. The molecule has 1 aliphatic rings. The minimum atomic E-state index is -0.353. The first-order valence-corrected chi connectivity index (χ1v) is 11.4. The first kappa shape index (κ1) is 21.7. The second-order valence-corrected chi connectivity index (χ2v) is 8.39. The Labute approximate surface area is 198 Å². The molecule has 3 aromatic carbocycles. The number of carbonyl (C=O) groups is 1. The largest absolute Gasteiger partial charge is 0.508 e. The number of ether oxygens (including phenoxy) is 2. The average molecular weight is 452 g/mol. The van der Waals surface area contributed by atoms with Crippen molar-refractivity contribution in [1.82, 2.24) is 4.98 Å². The zero-order chi connectivity index (χ0) is 23.5.